The van der Waals surface area contributed by atoms with Crippen LogP contribution >= 0.6 is 12.2 Å². The first-order chi connectivity index (χ1) is 25.8. The normalized spacial score (nSPS) is 14.4. The van der Waals surface area contributed by atoms with E-state index in [0.29, 0.717) is 11.6 Å². The van der Waals surface area contributed by atoms with Crippen molar-refractivity contribution in [3.05, 3.63) is 172 Å². The largest absolute Gasteiger partial charge is 0.419 e. The van der Waals surface area contributed by atoms with Crippen molar-refractivity contribution in [1.82, 2.24) is 15.4 Å². The number of hydrogen-bond donors (Lipinski definition) is 1. The number of carbonyl (C=O) groups is 2. The van der Waals surface area contributed by atoms with Crippen molar-refractivity contribution in [3.8, 4) is 6.07 Å². The molecule has 6 rings (SSSR count). The number of rotatable bonds is 10. The van der Waals surface area contributed by atoms with Gasteiger partial charge >= 0.3 is 6.18 Å². The van der Waals surface area contributed by atoms with Gasteiger partial charge in [-0.2, -0.15) is 18.4 Å². The lowest BCUT2D eigenvalue weighted by molar-refractivity contribution is -0.138. The molecule has 0 unspecified atom stereocenters. The zero-order chi connectivity index (χ0) is 38.7. The molecule has 4 aromatic carbocycles. The number of benzene rings is 4. The van der Waals surface area contributed by atoms with E-state index in [1.165, 1.54) is 49.1 Å². The monoisotopic (exact) mass is 749 g/mol. The summed E-state index contributed by atoms with van der Waals surface area (Å²) in [6.45, 7) is 2.83. The van der Waals surface area contributed by atoms with Gasteiger partial charge in [-0.1, -0.05) is 103 Å². The number of aromatic nitrogens is 1. The van der Waals surface area contributed by atoms with Crippen LogP contribution < -0.4 is 10.4 Å². The highest BCUT2D eigenvalue weighted by Crippen LogP contribution is 2.40. The predicted molar refractivity (Wildman–Crippen MR) is 198 cm³/mol. The molecule has 272 valence electrons. The minimum atomic E-state index is -4.90. The van der Waals surface area contributed by atoms with Crippen molar-refractivity contribution in [3.63, 3.8) is 0 Å². The summed E-state index contributed by atoms with van der Waals surface area (Å²) in [5.74, 6) is -1.94. The van der Waals surface area contributed by atoms with Crippen LogP contribution in [0.1, 0.15) is 52.9 Å². The Morgan fingerprint density at radius 2 is 1.48 bits per heavy atom. The third-order valence-corrected chi connectivity index (χ3v) is 9.45. The van der Waals surface area contributed by atoms with E-state index < -0.39 is 46.2 Å². The maximum Gasteiger partial charge on any atom is 0.419 e. The molecule has 54 heavy (non-hydrogen) atoms. The lowest BCUT2D eigenvalue weighted by Crippen LogP contribution is -2.43. The maximum absolute atomic E-state index is 15.6. The maximum atomic E-state index is 15.6. The molecule has 13 heteroatoms. The molecule has 0 bridgehead atoms. The van der Waals surface area contributed by atoms with Gasteiger partial charge in [-0.05, 0) is 66.5 Å². The Morgan fingerprint density at radius 1 is 0.926 bits per heavy atom. The van der Waals surface area contributed by atoms with E-state index in [1.807, 2.05) is 91.0 Å². The second-order valence-corrected chi connectivity index (χ2v) is 13.2. The van der Waals surface area contributed by atoms with Gasteiger partial charge in [0, 0.05) is 18.2 Å². The van der Waals surface area contributed by atoms with Crippen LogP contribution in [0, 0.1) is 17.1 Å². The Bertz CT molecular complexity index is 2180. The molecule has 1 aliphatic heterocycles. The molecule has 8 nitrogen and oxygen atoms in total. The second kappa shape index (κ2) is 15.0. The highest BCUT2D eigenvalue weighted by atomic mass is 32.1. The third-order valence-electron chi connectivity index (χ3n) is 9.04. The number of halogens is 4. The number of nitrogens with one attached hydrogen (secondary N) is 1. The van der Waals surface area contributed by atoms with E-state index in [0.717, 1.165) is 27.8 Å². The first-order valence-electron chi connectivity index (χ1n) is 16.5. The molecule has 1 fully saturated rings. The summed E-state index contributed by atoms with van der Waals surface area (Å²) >= 11 is 5.52. The quantitative estimate of drug-likeness (QED) is 0.0507. The number of carbonyl (C=O) groups excluding carboxylic acids is 2. The van der Waals surface area contributed by atoms with Crippen LogP contribution in [0.4, 0.5) is 23.2 Å². The highest BCUT2D eigenvalue weighted by molar-refractivity contribution is 7.80. The average Bonchev–Trinajstić information content (AvgIpc) is 3.34. The SMILES string of the molecule is CC1(C)C(=O)N(c2cnc(C#N)c(C(F)(F)F)c2)C(=S)N1Cc1ccc(/C=C/C(=O)NOC(c2ccccc2)(c2ccccc2)c2ccccc2)cc1F. The molecule has 0 spiro atoms. The van der Waals surface area contributed by atoms with Gasteiger partial charge < -0.3 is 4.90 Å². The van der Waals surface area contributed by atoms with Gasteiger partial charge in [-0.25, -0.2) is 14.9 Å². The summed E-state index contributed by atoms with van der Waals surface area (Å²) < 4.78 is 56.5. The van der Waals surface area contributed by atoms with Crippen LogP contribution in [0.3, 0.4) is 0 Å². The fraction of sp³-hybridized carbons (Fsp3) is 0.146. The number of hydrogen-bond acceptors (Lipinski definition) is 6. The summed E-state index contributed by atoms with van der Waals surface area (Å²) in [4.78, 5) is 38.9. The van der Waals surface area contributed by atoms with Gasteiger partial charge in [0.2, 0.25) is 0 Å². The van der Waals surface area contributed by atoms with Crippen LogP contribution in [0.2, 0.25) is 0 Å². The van der Waals surface area contributed by atoms with Crippen molar-refractivity contribution in [2.45, 2.75) is 37.7 Å². The van der Waals surface area contributed by atoms with Gasteiger partial charge in [0.15, 0.2) is 16.4 Å². The molecule has 1 N–H and O–H groups in total. The molecule has 0 atom stereocenters. The molecule has 5 aromatic rings. The zero-order valence-electron chi connectivity index (χ0n) is 28.8. The highest BCUT2D eigenvalue weighted by Gasteiger charge is 2.50. The Balaban J connectivity index is 1.20. The summed E-state index contributed by atoms with van der Waals surface area (Å²) in [7, 11) is 0. The number of nitrogens with zero attached hydrogens (tertiary/aromatic N) is 4. The van der Waals surface area contributed by atoms with Gasteiger partial charge in [-0.3, -0.25) is 19.3 Å². The van der Waals surface area contributed by atoms with Gasteiger partial charge in [0.05, 0.1) is 17.4 Å². The topological polar surface area (TPSA) is 98.6 Å². The number of nitriles is 1. The minimum absolute atomic E-state index is 0.136. The number of anilines is 1. The van der Waals surface area contributed by atoms with Crippen LogP contribution in [0.15, 0.2) is 128 Å². The molecule has 2 heterocycles. The van der Waals surface area contributed by atoms with Crippen LogP contribution in [-0.2, 0) is 32.7 Å². The Morgan fingerprint density at radius 3 is 1.98 bits per heavy atom. The van der Waals surface area contributed by atoms with Crippen LogP contribution in [-0.4, -0.2) is 32.3 Å². The fourth-order valence-corrected chi connectivity index (χ4v) is 6.68. The van der Waals surface area contributed by atoms with Crippen LogP contribution in [0.5, 0.6) is 0 Å². The number of pyridine rings is 1. The lowest BCUT2D eigenvalue weighted by atomic mass is 9.80. The minimum Gasteiger partial charge on any atom is -0.330 e. The van der Waals surface area contributed by atoms with E-state index in [9.17, 15) is 22.8 Å². The second-order valence-electron chi connectivity index (χ2n) is 12.8. The van der Waals surface area contributed by atoms with Crippen molar-refractivity contribution in [2.75, 3.05) is 4.90 Å². The van der Waals surface area contributed by atoms with E-state index in [4.69, 9.17) is 22.3 Å². The first kappa shape index (κ1) is 37.5. The first-order valence-corrected chi connectivity index (χ1v) is 16.9. The Labute approximate surface area is 313 Å². The number of hydroxylamine groups is 1. The molecule has 1 aliphatic rings. The predicted octanol–water partition coefficient (Wildman–Crippen LogP) is 8.08. The van der Waals surface area contributed by atoms with Crippen molar-refractivity contribution < 1.29 is 32.0 Å². The van der Waals surface area contributed by atoms with E-state index in [2.05, 4.69) is 10.5 Å². The summed E-state index contributed by atoms with van der Waals surface area (Å²) in [6.07, 6.45) is -1.33. The number of amides is 2. The van der Waals surface area contributed by atoms with Crippen molar-refractivity contribution >= 4 is 40.9 Å². The number of thiocarbonyl (C=S) groups is 1. The third kappa shape index (κ3) is 7.21. The summed E-state index contributed by atoms with van der Waals surface area (Å²) in [5, 5.41) is 8.95. The van der Waals surface area contributed by atoms with Crippen LogP contribution in [0.25, 0.3) is 6.08 Å². The van der Waals surface area contributed by atoms with E-state index >= 15 is 4.39 Å². The van der Waals surface area contributed by atoms with Gasteiger partial charge in [0.25, 0.3) is 11.8 Å². The molecular formula is C41H31F4N5O3S. The lowest BCUT2D eigenvalue weighted by Gasteiger charge is -2.34. The molecule has 0 saturated carbocycles. The molecule has 2 amide bonds. The smallest absolute Gasteiger partial charge is 0.330 e. The number of alkyl halides is 3. The standard InChI is InChI=1S/C41H31F4N5O3S/c1-39(2)37(52)50(32-23-33(41(43,44)45)35(24-46)47-25-32)38(54)49(39)26-28-20-18-27(22-34(28)42)19-21-36(51)48-53-40(29-12-6-3-7-13-29,30-14-8-4-9-15-30)31-16-10-5-11-17-31/h3-23,25H,26H2,1-2H3,(H,48,51)/b21-19+. The molecule has 0 aliphatic carbocycles. The average molecular weight is 750 g/mol. The van der Waals surface area contributed by atoms with Crippen molar-refractivity contribution in [2.24, 2.45) is 0 Å². The molecular weight excluding hydrogens is 719 g/mol. The van der Waals surface area contributed by atoms with E-state index in [1.54, 1.807) is 6.07 Å². The Kier molecular flexibility index (Phi) is 10.4. The van der Waals surface area contributed by atoms with Gasteiger partial charge in [0.1, 0.15) is 17.4 Å². The zero-order valence-corrected chi connectivity index (χ0v) is 29.7. The van der Waals surface area contributed by atoms with Gasteiger partial charge in [-0.15, -0.1) is 0 Å². The molecule has 0 radical (unpaired) electrons. The summed E-state index contributed by atoms with van der Waals surface area (Å²) in [6, 6.07) is 34.7. The molecule has 1 saturated heterocycles. The fourth-order valence-electron chi connectivity index (χ4n) is 6.20. The summed E-state index contributed by atoms with van der Waals surface area (Å²) in [5.41, 5.74) is 0.339. The van der Waals surface area contributed by atoms with E-state index in [-0.39, 0.29) is 22.9 Å². The molecule has 1 aromatic heterocycles. The Hall–Kier alpha value is -6.23. The van der Waals surface area contributed by atoms with Crippen molar-refractivity contribution in [1.29, 1.82) is 5.26 Å².